The molecule has 2 rings (SSSR count). The molecule has 0 saturated carbocycles. The molecule has 1 aromatic heterocycles. The van der Waals surface area contributed by atoms with Crippen LogP contribution in [-0.4, -0.2) is 55.6 Å². The van der Waals surface area contributed by atoms with E-state index in [1.165, 1.54) is 44.9 Å². The molecule has 0 saturated heterocycles. The van der Waals surface area contributed by atoms with Crippen molar-refractivity contribution in [3.8, 4) is 5.69 Å². The summed E-state index contributed by atoms with van der Waals surface area (Å²) in [6.07, 6.45) is 8.05. The predicted octanol–water partition coefficient (Wildman–Crippen LogP) is 2.95. The molecule has 35 heavy (non-hydrogen) atoms. The monoisotopic (exact) mass is 510 g/mol. The summed E-state index contributed by atoms with van der Waals surface area (Å²) in [4.78, 5) is 35.1. The fourth-order valence-corrected chi connectivity index (χ4v) is 3.86. The van der Waals surface area contributed by atoms with E-state index in [1.807, 2.05) is 7.05 Å². The molecule has 1 unspecified atom stereocenters. The molecule has 3 N–H and O–H groups in total. The van der Waals surface area contributed by atoms with E-state index in [-0.39, 0.29) is 17.1 Å². The minimum atomic E-state index is -1.24. The fourth-order valence-electron chi connectivity index (χ4n) is 3.70. The van der Waals surface area contributed by atoms with Gasteiger partial charge in [0.2, 0.25) is 0 Å². The molecule has 9 nitrogen and oxygen atoms in total. The number of carbonyl (C=O) groups is 1. The first kappa shape index (κ1) is 30.7. The average molecular weight is 511 g/mol. The smallest absolute Gasteiger partial charge is 0.352 e. The number of hydrogen-bond acceptors (Lipinski definition) is 7. The summed E-state index contributed by atoms with van der Waals surface area (Å²) in [5.41, 5.74) is -2.54. The lowest BCUT2D eigenvalue weighted by molar-refractivity contribution is 0.0218. The quantitative estimate of drug-likeness (QED) is 0.296. The first-order valence-electron chi connectivity index (χ1n) is 11.9. The number of rotatable bonds is 12. The SMILES string of the molecule is CC(C)(O)Cn1c(=O)cnn(-c2ccc(Cl)c(C=O)c2)c1=O.CCCCCC(O)(CCC)CNC. The lowest BCUT2D eigenvalue weighted by atomic mass is 9.91. The summed E-state index contributed by atoms with van der Waals surface area (Å²) < 4.78 is 1.85. The highest BCUT2D eigenvalue weighted by molar-refractivity contribution is 6.33. The summed E-state index contributed by atoms with van der Waals surface area (Å²) in [5, 5.41) is 27.1. The fraction of sp³-hybridized carbons (Fsp3) is 0.600. The van der Waals surface area contributed by atoms with E-state index in [1.54, 1.807) is 0 Å². The standard InChI is InChI=1S/C14H14ClN3O4.C11H25NO/c1-14(2,22)8-17-12(20)6-16-18(13(17)21)10-3-4-11(15)9(5-10)7-19;1-4-6-7-9-11(13,8-5-2)10-12-3/h3-7,22H,8H2,1-2H3;12-13H,4-10H2,1-3H3. The second-order valence-electron chi connectivity index (χ2n) is 9.36. The zero-order valence-electron chi connectivity index (χ0n) is 21.4. The molecular weight excluding hydrogens is 472 g/mol. The van der Waals surface area contributed by atoms with E-state index < -0.39 is 22.5 Å². The molecule has 1 heterocycles. The number of halogens is 1. The van der Waals surface area contributed by atoms with Gasteiger partial charge in [0.05, 0.1) is 28.5 Å². The van der Waals surface area contributed by atoms with Gasteiger partial charge in [0, 0.05) is 12.1 Å². The molecular formula is C25H39ClN4O5. The van der Waals surface area contributed by atoms with Crippen LogP contribution < -0.4 is 16.6 Å². The summed E-state index contributed by atoms with van der Waals surface area (Å²) in [7, 11) is 1.90. The van der Waals surface area contributed by atoms with Gasteiger partial charge in [0.1, 0.15) is 6.20 Å². The minimum Gasteiger partial charge on any atom is -0.389 e. The van der Waals surface area contributed by atoms with Gasteiger partial charge >= 0.3 is 5.69 Å². The van der Waals surface area contributed by atoms with E-state index in [0.29, 0.717) is 12.0 Å². The molecule has 10 heteroatoms. The second kappa shape index (κ2) is 14.3. The van der Waals surface area contributed by atoms with Crippen molar-refractivity contribution in [2.75, 3.05) is 13.6 Å². The molecule has 1 atom stereocenters. The maximum absolute atomic E-state index is 12.4. The van der Waals surface area contributed by atoms with Crippen LogP contribution in [0.3, 0.4) is 0 Å². The number of aldehydes is 1. The van der Waals surface area contributed by atoms with Gasteiger partial charge in [-0.25, -0.2) is 4.79 Å². The largest absolute Gasteiger partial charge is 0.389 e. The summed E-state index contributed by atoms with van der Waals surface area (Å²) in [6, 6.07) is 4.35. The Morgan fingerprint density at radius 3 is 2.34 bits per heavy atom. The third-order valence-corrected chi connectivity index (χ3v) is 5.67. The maximum Gasteiger partial charge on any atom is 0.352 e. The minimum absolute atomic E-state index is 0.179. The molecule has 0 amide bonds. The molecule has 0 aliphatic carbocycles. The number of unbranched alkanes of at least 4 members (excludes halogenated alkanes) is 2. The van der Waals surface area contributed by atoms with Gasteiger partial charge in [0.25, 0.3) is 5.56 Å². The Balaban J connectivity index is 0.000000405. The summed E-state index contributed by atoms with van der Waals surface area (Å²) >= 11 is 5.84. The van der Waals surface area contributed by atoms with Crippen molar-refractivity contribution in [2.45, 2.75) is 84.0 Å². The van der Waals surface area contributed by atoms with Crippen molar-refractivity contribution in [2.24, 2.45) is 0 Å². The predicted molar refractivity (Wildman–Crippen MR) is 139 cm³/mol. The highest BCUT2D eigenvalue weighted by Gasteiger charge is 2.23. The van der Waals surface area contributed by atoms with Crippen LogP contribution in [0.5, 0.6) is 0 Å². The van der Waals surface area contributed by atoms with Crippen molar-refractivity contribution in [3.05, 3.63) is 55.8 Å². The van der Waals surface area contributed by atoms with Crippen LogP contribution >= 0.6 is 11.6 Å². The topological polar surface area (TPSA) is 126 Å². The Morgan fingerprint density at radius 1 is 1.11 bits per heavy atom. The number of nitrogens with zero attached hydrogens (tertiary/aromatic N) is 3. The lowest BCUT2D eigenvalue weighted by Gasteiger charge is -2.27. The van der Waals surface area contributed by atoms with E-state index in [0.717, 1.165) is 47.7 Å². The summed E-state index contributed by atoms with van der Waals surface area (Å²) in [5.74, 6) is 0. The van der Waals surface area contributed by atoms with Crippen molar-refractivity contribution in [1.29, 1.82) is 0 Å². The molecule has 1 aromatic carbocycles. The Morgan fingerprint density at radius 2 is 1.80 bits per heavy atom. The van der Waals surface area contributed by atoms with Crippen LogP contribution in [0.1, 0.15) is 76.6 Å². The number of benzene rings is 1. The van der Waals surface area contributed by atoms with Crippen LogP contribution in [0.2, 0.25) is 5.02 Å². The molecule has 196 valence electrons. The number of nitrogens with one attached hydrogen (secondary N) is 1. The first-order chi connectivity index (χ1) is 16.4. The second-order valence-corrected chi connectivity index (χ2v) is 9.77. The van der Waals surface area contributed by atoms with E-state index in [4.69, 9.17) is 11.6 Å². The number of aromatic nitrogens is 3. The maximum atomic E-state index is 12.4. The number of hydrogen-bond donors (Lipinski definition) is 3. The van der Waals surface area contributed by atoms with Gasteiger partial charge in [-0.2, -0.15) is 9.78 Å². The Bertz CT molecular complexity index is 1050. The van der Waals surface area contributed by atoms with Gasteiger partial charge in [-0.3, -0.25) is 14.2 Å². The summed E-state index contributed by atoms with van der Waals surface area (Å²) in [6.45, 7) is 7.83. The van der Waals surface area contributed by atoms with Gasteiger partial charge in [-0.15, -0.1) is 0 Å². The number of aliphatic hydroxyl groups is 2. The Kier molecular flexibility index (Phi) is 12.5. The highest BCUT2D eigenvalue weighted by Crippen LogP contribution is 2.20. The van der Waals surface area contributed by atoms with Crippen molar-refractivity contribution in [1.82, 2.24) is 19.7 Å². The third kappa shape index (κ3) is 10.0. The molecule has 0 radical (unpaired) electrons. The van der Waals surface area contributed by atoms with Gasteiger partial charge in [-0.05, 0) is 51.9 Å². The molecule has 0 aliphatic rings. The van der Waals surface area contributed by atoms with Crippen molar-refractivity contribution < 1.29 is 15.0 Å². The average Bonchev–Trinajstić information content (AvgIpc) is 2.77. The first-order valence-corrected chi connectivity index (χ1v) is 12.3. The lowest BCUT2D eigenvalue weighted by Crippen LogP contribution is -2.44. The van der Waals surface area contributed by atoms with Gasteiger partial charge in [0.15, 0.2) is 6.29 Å². The number of carbonyl (C=O) groups excluding carboxylic acids is 1. The van der Waals surface area contributed by atoms with Gasteiger partial charge in [-0.1, -0.05) is 51.1 Å². The van der Waals surface area contributed by atoms with Crippen LogP contribution in [0, 0.1) is 0 Å². The molecule has 0 aliphatic heterocycles. The van der Waals surface area contributed by atoms with Crippen LogP contribution in [0.25, 0.3) is 5.69 Å². The highest BCUT2D eigenvalue weighted by atomic mass is 35.5. The van der Waals surface area contributed by atoms with Crippen LogP contribution in [-0.2, 0) is 6.54 Å². The van der Waals surface area contributed by atoms with E-state index in [2.05, 4.69) is 24.3 Å². The molecule has 0 bridgehead atoms. The zero-order chi connectivity index (χ0) is 26.6. The number of likely N-dealkylation sites (N-methyl/N-ethyl adjacent to an activating group) is 1. The van der Waals surface area contributed by atoms with Crippen molar-refractivity contribution in [3.63, 3.8) is 0 Å². The zero-order valence-corrected chi connectivity index (χ0v) is 22.1. The van der Waals surface area contributed by atoms with Crippen LogP contribution in [0.4, 0.5) is 0 Å². The van der Waals surface area contributed by atoms with E-state index >= 15 is 0 Å². The molecule has 0 fully saturated rings. The Labute approximate surface area is 211 Å². The van der Waals surface area contributed by atoms with Gasteiger partial charge < -0.3 is 15.5 Å². The van der Waals surface area contributed by atoms with Crippen molar-refractivity contribution >= 4 is 17.9 Å². The Hall–Kier alpha value is -2.33. The van der Waals surface area contributed by atoms with Crippen LogP contribution in [0.15, 0.2) is 34.0 Å². The molecule has 2 aromatic rings. The molecule has 0 spiro atoms. The van der Waals surface area contributed by atoms with E-state index in [9.17, 15) is 24.6 Å². The normalized spacial score (nSPS) is 13.0. The third-order valence-electron chi connectivity index (χ3n) is 5.32.